The molecule has 0 fully saturated rings. The molecule has 1 aromatic rings. The summed E-state index contributed by atoms with van der Waals surface area (Å²) in [6.07, 6.45) is 0.150. The van der Waals surface area contributed by atoms with Crippen molar-refractivity contribution in [2.24, 2.45) is 0 Å². The zero-order valence-electron chi connectivity index (χ0n) is 11.2. The zero-order valence-corrected chi connectivity index (χ0v) is 12.0. The fourth-order valence-corrected chi connectivity index (χ4v) is 2.90. The van der Waals surface area contributed by atoms with Gasteiger partial charge in [0, 0.05) is 9.75 Å². The molecule has 1 aromatic heterocycles. The van der Waals surface area contributed by atoms with Crippen molar-refractivity contribution in [1.29, 1.82) is 0 Å². The van der Waals surface area contributed by atoms with Crippen molar-refractivity contribution in [3.05, 3.63) is 21.9 Å². The van der Waals surface area contributed by atoms with Crippen LogP contribution in [0.15, 0.2) is 12.1 Å². The predicted molar refractivity (Wildman–Crippen MR) is 71.7 cm³/mol. The molecule has 0 aromatic carbocycles. The second-order valence-corrected chi connectivity index (χ2v) is 6.64. The maximum atomic E-state index is 10.9. The molecule has 1 heterocycles. The summed E-state index contributed by atoms with van der Waals surface area (Å²) in [6.45, 7) is 6.51. The molecule has 1 rings (SSSR count). The molecule has 1 N–H and O–H groups in total. The topological polar surface area (TPSA) is 40.5 Å². The number of carboxylic acid groups (broad SMARTS) is 1. The molecule has 1 atom stereocenters. The Kier molecular flexibility index (Phi) is 4.33. The summed E-state index contributed by atoms with van der Waals surface area (Å²) in [7, 11) is 3.84. The largest absolute Gasteiger partial charge is 0.481 e. The van der Waals surface area contributed by atoms with Crippen LogP contribution in [0.1, 0.15) is 43.0 Å². The van der Waals surface area contributed by atoms with Crippen LogP contribution in [-0.2, 0) is 10.2 Å². The van der Waals surface area contributed by atoms with Crippen molar-refractivity contribution in [1.82, 2.24) is 4.90 Å². The van der Waals surface area contributed by atoms with Crippen LogP contribution in [0.2, 0.25) is 0 Å². The summed E-state index contributed by atoms with van der Waals surface area (Å²) in [5.41, 5.74) is 0.128. The number of carboxylic acids is 1. The third-order valence-electron chi connectivity index (χ3n) is 2.69. The maximum absolute atomic E-state index is 10.9. The summed E-state index contributed by atoms with van der Waals surface area (Å²) in [5, 5.41) is 8.94. The van der Waals surface area contributed by atoms with E-state index in [2.05, 4.69) is 32.9 Å². The van der Waals surface area contributed by atoms with Gasteiger partial charge in [-0.2, -0.15) is 0 Å². The molecule has 4 heteroatoms. The minimum atomic E-state index is -0.755. The van der Waals surface area contributed by atoms with Crippen molar-refractivity contribution >= 4 is 17.3 Å². The molecule has 0 saturated heterocycles. The standard InChI is InChI=1S/C13H21NO2S/c1-13(2,3)11-7-6-10(17-11)9(14(4)5)8-12(15)16/h6-7,9H,8H2,1-5H3,(H,15,16). The molecule has 17 heavy (non-hydrogen) atoms. The van der Waals surface area contributed by atoms with Gasteiger partial charge in [0.2, 0.25) is 0 Å². The van der Waals surface area contributed by atoms with Crippen LogP contribution in [0.3, 0.4) is 0 Å². The Morgan fingerprint density at radius 2 is 2.00 bits per heavy atom. The highest BCUT2D eigenvalue weighted by Gasteiger charge is 2.22. The monoisotopic (exact) mass is 255 g/mol. The van der Waals surface area contributed by atoms with Crippen LogP contribution in [0.25, 0.3) is 0 Å². The van der Waals surface area contributed by atoms with Gasteiger partial charge in [0.25, 0.3) is 0 Å². The Bertz CT molecular complexity index is 390. The van der Waals surface area contributed by atoms with E-state index < -0.39 is 5.97 Å². The molecule has 0 radical (unpaired) electrons. The fourth-order valence-electron chi connectivity index (χ4n) is 1.64. The Morgan fingerprint density at radius 3 is 2.35 bits per heavy atom. The summed E-state index contributed by atoms with van der Waals surface area (Å²) in [5.74, 6) is -0.755. The average molecular weight is 255 g/mol. The van der Waals surface area contributed by atoms with Gasteiger partial charge >= 0.3 is 5.97 Å². The number of aliphatic carboxylic acids is 1. The van der Waals surface area contributed by atoms with E-state index in [1.54, 1.807) is 11.3 Å². The van der Waals surface area contributed by atoms with Gasteiger partial charge in [-0.15, -0.1) is 11.3 Å². The molecule has 0 aliphatic heterocycles. The fraction of sp³-hybridized carbons (Fsp3) is 0.615. The average Bonchev–Trinajstić information content (AvgIpc) is 2.60. The predicted octanol–water partition coefficient (Wildman–Crippen LogP) is 3.12. The third kappa shape index (κ3) is 3.82. The maximum Gasteiger partial charge on any atom is 0.305 e. The molecule has 3 nitrogen and oxygen atoms in total. The number of carbonyl (C=O) groups is 1. The van der Waals surface area contributed by atoms with E-state index in [9.17, 15) is 4.79 Å². The minimum absolute atomic E-state index is 0.0337. The number of rotatable bonds is 4. The lowest BCUT2D eigenvalue weighted by Crippen LogP contribution is -2.21. The Balaban J connectivity index is 2.96. The van der Waals surface area contributed by atoms with Crippen LogP contribution in [0.5, 0.6) is 0 Å². The summed E-state index contributed by atoms with van der Waals surface area (Å²) in [4.78, 5) is 15.3. The van der Waals surface area contributed by atoms with E-state index >= 15 is 0 Å². The summed E-state index contributed by atoms with van der Waals surface area (Å²) in [6, 6.07) is 4.13. The van der Waals surface area contributed by atoms with Crippen molar-refractivity contribution in [3.8, 4) is 0 Å². The highest BCUT2D eigenvalue weighted by atomic mass is 32.1. The lowest BCUT2D eigenvalue weighted by atomic mass is 9.95. The van der Waals surface area contributed by atoms with Crippen LogP contribution >= 0.6 is 11.3 Å². The van der Waals surface area contributed by atoms with E-state index in [-0.39, 0.29) is 17.9 Å². The van der Waals surface area contributed by atoms with E-state index in [4.69, 9.17) is 5.11 Å². The van der Waals surface area contributed by atoms with E-state index in [0.29, 0.717) is 0 Å². The smallest absolute Gasteiger partial charge is 0.305 e. The first-order chi connectivity index (χ1) is 7.71. The molecule has 0 aliphatic carbocycles. The summed E-state index contributed by atoms with van der Waals surface area (Å²) >= 11 is 1.71. The van der Waals surface area contributed by atoms with Crippen LogP contribution in [0.4, 0.5) is 0 Å². The van der Waals surface area contributed by atoms with E-state index in [1.807, 2.05) is 19.0 Å². The van der Waals surface area contributed by atoms with Crippen molar-refractivity contribution in [3.63, 3.8) is 0 Å². The molecule has 0 aliphatic rings. The molecule has 96 valence electrons. The van der Waals surface area contributed by atoms with Crippen molar-refractivity contribution in [2.75, 3.05) is 14.1 Å². The number of hydrogen-bond acceptors (Lipinski definition) is 3. The van der Waals surface area contributed by atoms with Crippen LogP contribution in [0, 0.1) is 0 Å². The highest BCUT2D eigenvalue weighted by molar-refractivity contribution is 7.12. The molecule has 0 spiro atoms. The normalized spacial score (nSPS) is 14.0. The van der Waals surface area contributed by atoms with Gasteiger partial charge in [0.1, 0.15) is 0 Å². The van der Waals surface area contributed by atoms with Gasteiger partial charge in [0.15, 0.2) is 0 Å². The number of hydrogen-bond donors (Lipinski definition) is 1. The van der Waals surface area contributed by atoms with Gasteiger partial charge in [-0.1, -0.05) is 20.8 Å². The lowest BCUT2D eigenvalue weighted by Gasteiger charge is -2.22. The molecule has 0 amide bonds. The third-order valence-corrected chi connectivity index (χ3v) is 4.30. The molecular formula is C13H21NO2S. The lowest BCUT2D eigenvalue weighted by molar-refractivity contribution is -0.138. The first kappa shape index (κ1) is 14.2. The van der Waals surface area contributed by atoms with E-state index in [0.717, 1.165) is 4.88 Å². The van der Waals surface area contributed by atoms with E-state index in [1.165, 1.54) is 4.88 Å². The minimum Gasteiger partial charge on any atom is -0.481 e. The van der Waals surface area contributed by atoms with Gasteiger partial charge in [-0.3, -0.25) is 4.79 Å². The number of nitrogens with zero attached hydrogens (tertiary/aromatic N) is 1. The highest BCUT2D eigenvalue weighted by Crippen LogP contribution is 2.34. The Morgan fingerprint density at radius 1 is 1.41 bits per heavy atom. The summed E-state index contributed by atoms with van der Waals surface area (Å²) < 4.78 is 0. The quantitative estimate of drug-likeness (QED) is 0.898. The van der Waals surface area contributed by atoms with Gasteiger partial charge in [0.05, 0.1) is 12.5 Å². The zero-order chi connectivity index (χ0) is 13.2. The van der Waals surface area contributed by atoms with Crippen LogP contribution < -0.4 is 0 Å². The molecular weight excluding hydrogens is 234 g/mol. The second kappa shape index (κ2) is 5.19. The SMILES string of the molecule is CN(C)C(CC(=O)O)c1ccc(C(C)(C)C)s1. The van der Waals surface area contributed by atoms with Crippen LogP contribution in [-0.4, -0.2) is 30.1 Å². The van der Waals surface area contributed by atoms with Gasteiger partial charge in [-0.05, 0) is 31.6 Å². The van der Waals surface area contributed by atoms with Gasteiger partial charge < -0.3 is 10.0 Å². The molecule has 0 bridgehead atoms. The van der Waals surface area contributed by atoms with Gasteiger partial charge in [-0.25, -0.2) is 0 Å². The molecule has 1 unspecified atom stereocenters. The second-order valence-electron chi connectivity index (χ2n) is 5.53. The molecule has 0 saturated carbocycles. The Labute approximate surface area is 107 Å². The first-order valence-corrected chi connectivity index (χ1v) is 6.52. The Hall–Kier alpha value is -0.870. The van der Waals surface area contributed by atoms with Crippen molar-refractivity contribution < 1.29 is 9.90 Å². The first-order valence-electron chi connectivity index (χ1n) is 5.70. The number of thiophene rings is 1. The van der Waals surface area contributed by atoms with Crippen molar-refractivity contribution in [2.45, 2.75) is 38.6 Å².